The summed E-state index contributed by atoms with van der Waals surface area (Å²) in [6, 6.07) is 7.12. The number of methoxy groups -OCH3 is 1. The van der Waals surface area contributed by atoms with E-state index in [1.807, 2.05) is 4.57 Å². The van der Waals surface area contributed by atoms with E-state index in [9.17, 15) is 9.59 Å². The third-order valence-corrected chi connectivity index (χ3v) is 5.17. The SMILES string of the molecule is COc1ccc(NC(=O)c2nc(C(=O)N3CCOCC3)n3c2CCCC3)cc1. The number of fused-ring (bicyclic) bond motifs is 1. The highest BCUT2D eigenvalue weighted by atomic mass is 16.5. The van der Waals surface area contributed by atoms with Gasteiger partial charge in [-0.3, -0.25) is 9.59 Å². The molecular weight excluding hydrogens is 360 g/mol. The minimum Gasteiger partial charge on any atom is -0.497 e. The zero-order valence-electron chi connectivity index (χ0n) is 15.9. The molecule has 148 valence electrons. The van der Waals surface area contributed by atoms with Crippen LogP contribution in [0.3, 0.4) is 0 Å². The third-order valence-electron chi connectivity index (χ3n) is 5.17. The summed E-state index contributed by atoms with van der Waals surface area (Å²) in [4.78, 5) is 32.1. The average Bonchev–Trinajstić information content (AvgIpc) is 3.14. The van der Waals surface area contributed by atoms with Gasteiger partial charge in [-0.2, -0.15) is 0 Å². The molecule has 8 heteroatoms. The van der Waals surface area contributed by atoms with E-state index in [0.717, 1.165) is 30.7 Å². The number of carbonyl (C=O) groups excluding carboxylic acids is 2. The Bertz CT molecular complexity index is 869. The molecule has 0 saturated carbocycles. The number of carbonyl (C=O) groups is 2. The number of morpholine rings is 1. The summed E-state index contributed by atoms with van der Waals surface area (Å²) in [6.45, 7) is 2.88. The summed E-state index contributed by atoms with van der Waals surface area (Å²) in [7, 11) is 1.60. The van der Waals surface area contributed by atoms with E-state index in [-0.39, 0.29) is 11.8 Å². The molecule has 28 heavy (non-hydrogen) atoms. The molecule has 1 saturated heterocycles. The summed E-state index contributed by atoms with van der Waals surface area (Å²) in [6.07, 6.45) is 2.71. The topological polar surface area (TPSA) is 85.7 Å². The van der Waals surface area contributed by atoms with Crippen molar-refractivity contribution in [1.29, 1.82) is 0 Å². The first-order valence-corrected chi connectivity index (χ1v) is 9.59. The number of aromatic nitrogens is 2. The van der Waals surface area contributed by atoms with E-state index in [1.54, 1.807) is 36.3 Å². The number of nitrogens with zero attached hydrogens (tertiary/aromatic N) is 3. The van der Waals surface area contributed by atoms with E-state index >= 15 is 0 Å². The molecule has 0 spiro atoms. The second-order valence-corrected chi connectivity index (χ2v) is 6.93. The lowest BCUT2D eigenvalue weighted by molar-refractivity contribution is 0.0291. The Labute approximate surface area is 163 Å². The van der Waals surface area contributed by atoms with Crippen molar-refractivity contribution in [3.63, 3.8) is 0 Å². The van der Waals surface area contributed by atoms with Crippen LogP contribution < -0.4 is 10.1 Å². The molecule has 2 aliphatic heterocycles. The molecule has 4 rings (SSSR count). The number of hydrogen-bond donors (Lipinski definition) is 1. The predicted octanol–water partition coefficient (Wildman–Crippen LogP) is 1.95. The van der Waals surface area contributed by atoms with Crippen molar-refractivity contribution in [1.82, 2.24) is 14.5 Å². The summed E-state index contributed by atoms with van der Waals surface area (Å²) in [5, 5.41) is 2.88. The van der Waals surface area contributed by atoms with Gasteiger partial charge in [-0.1, -0.05) is 0 Å². The molecule has 0 atom stereocenters. The minimum atomic E-state index is -0.295. The van der Waals surface area contributed by atoms with E-state index in [1.165, 1.54) is 0 Å². The first kappa shape index (κ1) is 18.5. The molecule has 0 bridgehead atoms. The molecule has 2 aliphatic rings. The second-order valence-electron chi connectivity index (χ2n) is 6.93. The average molecular weight is 384 g/mol. The maximum atomic E-state index is 13.0. The van der Waals surface area contributed by atoms with Gasteiger partial charge in [0.25, 0.3) is 11.8 Å². The Kier molecular flexibility index (Phi) is 5.29. The van der Waals surface area contributed by atoms with Crippen LogP contribution in [0.2, 0.25) is 0 Å². The molecule has 0 unspecified atom stereocenters. The van der Waals surface area contributed by atoms with Gasteiger partial charge in [0.15, 0.2) is 11.5 Å². The van der Waals surface area contributed by atoms with Gasteiger partial charge in [-0.25, -0.2) is 4.98 Å². The van der Waals surface area contributed by atoms with E-state index in [4.69, 9.17) is 9.47 Å². The monoisotopic (exact) mass is 384 g/mol. The van der Waals surface area contributed by atoms with Crippen molar-refractivity contribution in [2.45, 2.75) is 25.8 Å². The maximum absolute atomic E-state index is 13.0. The molecule has 1 fully saturated rings. The van der Waals surface area contributed by atoms with Crippen LogP contribution >= 0.6 is 0 Å². The number of imidazole rings is 1. The molecule has 3 heterocycles. The van der Waals surface area contributed by atoms with Crippen molar-refractivity contribution >= 4 is 17.5 Å². The number of amides is 2. The van der Waals surface area contributed by atoms with Crippen LogP contribution in [0.5, 0.6) is 5.75 Å². The number of ether oxygens (including phenoxy) is 2. The van der Waals surface area contributed by atoms with Gasteiger partial charge < -0.3 is 24.3 Å². The van der Waals surface area contributed by atoms with Gasteiger partial charge in [0, 0.05) is 25.3 Å². The van der Waals surface area contributed by atoms with E-state index < -0.39 is 0 Å². The fourth-order valence-electron chi connectivity index (χ4n) is 3.66. The highest BCUT2D eigenvalue weighted by Crippen LogP contribution is 2.24. The van der Waals surface area contributed by atoms with Crippen LogP contribution in [0.25, 0.3) is 0 Å². The smallest absolute Gasteiger partial charge is 0.290 e. The Morgan fingerprint density at radius 2 is 1.86 bits per heavy atom. The van der Waals surface area contributed by atoms with Crippen molar-refractivity contribution in [3.05, 3.63) is 41.5 Å². The van der Waals surface area contributed by atoms with Crippen molar-refractivity contribution in [3.8, 4) is 5.75 Å². The number of rotatable bonds is 4. The molecule has 8 nitrogen and oxygen atoms in total. The summed E-state index contributed by atoms with van der Waals surface area (Å²) < 4.78 is 12.4. The van der Waals surface area contributed by atoms with Gasteiger partial charge in [-0.15, -0.1) is 0 Å². The van der Waals surface area contributed by atoms with E-state index in [0.29, 0.717) is 50.1 Å². The first-order valence-electron chi connectivity index (χ1n) is 9.59. The van der Waals surface area contributed by atoms with Crippen LogP contribution in [0.1, 0.15) is 39.6 Å². The van der Waals surface area contributed by atoms with Crippen molar-refractivity contribution < 1.29 is 19.1 Å². The van der Waals surface area contributed by atoms with Crippen molar-refractivity contribution in [2.24, 2.45) is 0 Å². The highest BCUT2D eigenvalue weighted by Gasteiger charge is 2.30. The van der Waals surface area contributed by atoms with Gasteiger partial charge in [0.05, 0.1) is 26.0 Å². The standard InChI is InChI=1S/C20H24N4O4/c1-27-15-7-5-14(6-8-15)21-19(25)17-16-4-2-3-9-24(16)18(22-17)20(26)23-10-12-28-13-11-23/h5-8H,2-4,9-13H2,1H3,(H,21,25). The Morgan fingerprint density at radius 1 is 1.11 bits per heavy atom. The minimum absolute atomic E-state index is 0.130. The third kappa shape index (κ3) is 3.60. The predicted molar refractivity (Wildman–Crippen MR) is 103 cm³/mol. The van der Waals surface area contributed by atoms with Crippen LogP contribution in [-0.4, -0.2) is 59.7 Å². The molecule has 2 amide bonds. The van der Waals surface area contributed by atoms with Gasteiger partial charge in [0.1, 0.15) is 5.75 Å². The summed E-state index contributed by atoms with van der Waals surface area (Å²) >= 11 is 0. The molecule has 1 aromatic heterocycles. The number of nitrogens with one attached hydrogen (secondary N) is 1. The fraction of sp³-hybridized carbons (Fsp3) is 0.450. The molecular formula is C20H24N4O4. The van der Waals surface area contributed by atoms with Crippen LogP contribution in [0.15, 0.2) is 24.3 Å². The maximum Gasteiger partial charge on any atom is 0.290 e. The zero-order chi connectivity index (χ0) is 19.5. The summed E-state index contributed by atoms with van der Waals surface area (Å²) in [5.41, 5.74) is 1.84. The summed E-state index contributed by atoms with van der Waals surface area (Å²) in [5.74, 6) is 0.652. The lowest BCUT2D eigenvalue weighted by Crippen LogP contribution is -2.42. The Balaban J connectivity index is 1.60. The first-order chi connectivity index (χ1) is 13.7. The number of hydrogen-bond acceptors (Lipinski definition) is 5. The Morgan fingerprint density at radius 3 is 2.57 bits per heavy atom. The van der Waals surface area contributed by atoms with Gasteiger partial charge >= 0.3 is 0 Å². The number of benzene rings is 1. The van der Waals surface area contributed by atoms with Gasteiger partial charge in [-0.05, 0) is 43.5 Å². The molecule has 1 aromatic carbocycles. The zero-order valence-corrected chi connectivity index (χ0v) is 15.9. The Hall–Kier alpha value is -2.87. The largest absolute Gasteiger partial charge is 0.497 e. The molecule has 0 radical (unpaired) electrons. The quantitative estimate of drug-likeness (QED) is 0.871. The lowest BCUT2D eigenvalue weighted by Gasteiger charge is -2.27. The van der Waals surface area contributed by atoms with Gasteiger partial charge in [0.2, 0.25) is 0 Å². The lowest BCUT2D eigenvalue weighted by atomic mass is 10.1. The number of anilines is 1. The van der Waals surface area contributed by atoms with Crippen LogP contribution in [0, 0.1) is 0 Å². The highest BCUT2D eigenvalue weighted by molar-refractivity contribution is 6.05. The second kappa shape index (κ2) is 8.02. The van der Waals surface area contributed by atoms with Crippen molar-refractivity contribution in [2.75, 3.05) is 38.7 Å². The van der Waals surface area contributed by atoms with E-state index in [2.05, 4.69) is 10.3 Å². The van der Waals surface area contributed by atoms with Crippen LogP contribution in [-0.2, 0) is 17.7 Å². The molecule has 2 aromatic rings. The molecule has 1 N–H and O–H groups in total. The normalized spacial score (nSPS) is 16.4. The fourth-order valence-corrected chi connectivity index (χ4v) is 3.66. The van der Waals surface area contributed by atoms with Crippen LogP contribution in [0.4, 0.5) is 5.69 Å². The molecule has 0 aliphatic carbocycles.